The molecule has 4 heteroatoms. The molecule has 1 rings (SSSR count). The third-order valence-electron chi connectivity index (χ3n) is 1.71. The Morgan fingerprint density at radius 1 is 1.10 bits per heavy atom. The minimum absolute atomic E-state index is 0.659. The molecule has 0 saturated carbocycles. The summed E-state index contributed by atoms with van der Waals surface area (Å²) in [6.07, 6.45) is 6.20. The normalized spacial score (nSPS) is 22.9. The Morgan fingerprint density at radius 2 is 1.60 bits per heavy atom. The fraction of sp³-hybridized carbons (Fsp3) is 0.833. The molecule has 0 amide bonds. The van der Waals surface area contributed by atoms with Crippen LogP contribution in [0, 0.1) is 6.26 Å². The van der Waals surface area contributed by atoms with E-state index in [-0.39, 0.29) is 0 Å². The van der Waals surface area contributed by atoms with Crippen LogP contribution < -0.4 is 0 Å². The predicted octanol–water partition coefficient (Wildman–Crippen LogP) is 0.594. The van der Waals surface area contributed by atoms with Crippen LogP contribution in [0.25, 0.3) is 0 Å². The molecule has 10 heavy (non-hydrogen) atoms. The second-order valence-corrected chi connectivity index (χ2v) is 4.25. The Bertz CT molecular complexity index is 192. The van der Waals surface area contributed by atoms with E-state index in [1.807, 2.05) is 0 Å². The lowest BCUT2D eigenvalue weighted by Gasteiger charge is -2.23. The molecule has 0 N–H and O–H groups in total. The average Bonchev–Trinajstić information content (AvgIpc) is 1.88. The van der Waals surface area contributed by atoms with Gasteiger partial charge >= 0.3 is 0 Å². The summed E-state index contributed by atoms with van der Waals surface area (Å²) >= 11 is 0. The summed E-state index contributed by atoms with van der Waals surface area (Å²) < 4.78 is 23.0. The summed E-state index contributed by atoms with van der Waals surface area (Å²) in [7, 11) is -3.14. The molecule has 1 radical (unpaired) electrons. The van der Waals surface area contributed by atoms with E-state index in [0.717, 1.165) is 19.3 Å². The molecular weight excluding hydrogens is 150 g/mol. The minimum Gasteiger partial charge on any atom is -0.212 e. The van der Waals surface area contributed by atoms with Crippen molar-refractivity contribution in [2.24, 2.45) is 0 Å². The van der Waals surface area contributed by atoms with Crippen molar-refractivity contribution < 1.29 is 8.42 Å². The molecule has 0 aliphatic carbocycles. The Morgan fingerprint density at radius 3 is 1.90 bits per heavy atom. The van der Waals surface area contributed by atoms with Crippen molar-refractivity contribution >= 4 is 10.0 Å². The van der Waals surface area contributed by atoms with Crippen LogP contribution in [-0.4, -0.2) is 25.8 Å². The number of sulfonamides is 1. The lowest BCUT2D eigenvalue weighted by molar-refractivity contribution is 0.350. The van der Waals surface area contributed by atoms with Crippen molar-refractivity contribution in [3.05, 3.63) is 6.26 Å². The monoisotopic (exact) mass is 162 g/mol. The van der Waals surface area contributed by atoms with Crippen LogP contribution in [0.2, 0.25) is 0 Å². The number of rotatable bonds is 1. The highest BCUT2D eigenvalue weighted by molar-refractivity contribution is 7.90. The third-order valence-corrected chi connectivity index (χ3v) is 2.86. The van der Waals surface area contributed by atoms with Gasteiger partial charge in [-0.15, -0.1) is 0 Å². The second-order valence-electron chi connectivity index (χ2n) is 2.57. The highest BCUT2D eigenvalue weighted by atomic mass is 32.2. The summed E-state index contributed by atoms with van der Waals surface area (Å²) in [5.41, 5.74) is 0. The topological polar surface area (TPSA) is 37.4 Å². The van der Waals surface area contributed by atoms with Gasteiger partial charge in [0.1, 0.15) is 0 Å². The van der Waals surface area contributed by atoms with Gasteiger partial charge in [0.25, 0.3) is 0 Å². The van der Waals surface area contributed by atoms with Crippen LogP contribution in [0.4, 0.5) is 0 Å². The van der Waals surface area contributed by atoms with Gasteiger partial charge in [0.15, 0.2) is 0 Å². The van der Waals surface area contributed by atoms with Crippen molar-refractivity contribution in [3.63, 3.8) is 0 Å². The highest BCUT2D eigenvalue weighted by Gasteiger charge is 2.18. The molecule has 0 spiro atoms. The Kier molecular flexibility index (Phi) is 2.31. The third kappa shape index (κ3) is 1.95. The maximum Gasteiger partial charge on any atom is 0.215 e. The largest absolute Gasteiger partial charge is 0.215 e. The summed E-state index contributed by atoms with van der Waals surface area (Å²) in [5, 5.41) is 0. The first kappa shape index (κ1) is 8.01. The maximum absolute atomic E-state index is 10.8. The van der Waals surface area contributed by atoms with Gasteiger partial charge in [-0.3, -0.25) is 0 Å². The molecule has 1 saturated heterocycles. The number of piperidine rings is 1. The molecular formula is C6H12NO2S. The predicted molar refractivity (Wildman–Crippen MR) is 39.7 cm³/mol. The van der Waals surface area contributed by atoms with Crippen molar-refractivity contribution in [2.45, 2.75) is 19.3 Å². The highest BCUT2D eigenvalue weighted by Crippen LogP contribution is 2.11. The van der Waals surface area contributed by atoms with Crippen molar-refractivity contribution in [1.29, 1.82) is 0 Å². The van der Waals surface area contributed by atoms with Gasteiger partial charge in [0.2, 0.25) is 10.0 Å². The van der Waals surface area contributed by atoms with Gasteiger partial charge in [-0.1, -0.05) is 6.42 Å². The number of hydrogen-bond acceptors (Lipinski definition) is 2. The molecule has 0 bridgehead atoms. The van der Waals surface area contributed by atoms with Crippen LogP contribution in [0.1, 0.15) is 19.3 Å². The standard InChI is InChI=1S/C6H12NO2S/c1-10(8,9)7-5-3-2-4-6-7/h1-6H2. The van der Waals surface area contributed by atoms with Gasteiger partial charge in [-0.05, 0) is 12.8 Å². The fourth-order valence-electron chi connectivity index (χ4n) is 1.14. The van der Waals surface area contributed by atoms with Crippen LogP contribution in [-0.2, 0) is 10.0 Å². The number of nitrogens with zero attached hydrogens (tertiary/aromatic N) is 1. The molecule has 0 atom stereocenters. The van der Waals surface area contributed by atoms with Crippen LogP contribution >= 0.6 is 0 Å². The quantitative estimate of drug-likeness (QED) is 0.566. The zero-order valence-corrected chi connectivity index (χ0v) is 6.73. The molecule has 1 heterocycles. The molecule has 1 aliphatic heterocycles. The first-order valence-electron chi connectivity index (χ1n) is 3.44. The van der Waals surface area contributed by atoms with E-state index >= 15 is 0 Å². The van der Waals surface area contributed by atoms with Crippen molar-refractivity contribution in [3.8, 4) is 0 Å². The maximum atomic E-state index is 10.8. The van der Waals surface area contributed by atoms with E-state index in [1.54, 1.807) is 0 Å². The summed E-state index contributed by atoms with van der Waals surface area (Å²) in [4.78, 5) is 0. The molecule has 3 nitrogen and oxygen atoms in total. The first-order valence-corrected chi connectivity index (χ1v) is 5.05. The first-order chi connectivity index (χ1) is 4.61. The summed E-state index contributed by atoms with van der Waals surface area (Å²) in [6, 6.07) is 0. The van der Waals surface area contributed by atoms with Crippen molar-refractivity contribution in [2.75, 3.05) is 13.1 Å². The lowest BCUT2D eigenvalue weighted by atomic mass is 10.2. The summed E-state index contributed by atoms with van der Waals surface area (Å²) in [6.45, 7) is 1.32. The van der Waals surface area contributed by atoms with Gasteiger partial charge in [-0.2, -0.15) is 0 Å². The molecule has 0 aromatic rings. The van der Waals surface area contributed by atoms with E-state index in [1.165, 1.54) is 4.31 Å². The van der Waals surface area contributed by atoms with Crippen LogP contribution in [0.3, 0.4) is 0 Å². The van der Waals surface area contributed by atoms with E-state index in [4.69, 9.17) is 0 Å². The lowest BCUT2D eigenvalue weighted by Crippen LogP contribution is -2.33. The zero-order chi connectivity index (χ0) is 7.61. The Balaban J connectivity index is 2.56. The fourth-order valence-corrected chi connectivity index (χ4v) is 1.96. The molecule has 0 unspecified atom stereocenters. The SMILES string of the molecule is [CH2]S(=O)(=O)N1CCCCC1. The van der Waals surface area contributed by atoms with Crippen LogP contribution in [0.5, 0.6) is 0 Å². The van der Waals surface area contributed by atoms with E-state index in [9.17, 15) is 8.42 Å². The zero-order valence-electron chi connectivity index (χ0n) is 5.91. The van der Waals surface area contributed by atoms with Crippen LogP contribution in [0.15, 0.2) is 0 Å². The molecule has 59 valence electrons. The van der Waals surface area contributed by atoms with Gasteiger partial charge in [-0.25, -0.2) is 12.7 Å². The molecule has 0 aromatic carbocycles. The molecule has 1 aliphatic rings. The van der Waals surface area contributed by atoms with Crippen molar-refractivity contribution in [1.82, 2.24) is 4.31 Å². The van der Waals surface area contributed by atoms with Gasteiger partial charge in [0.05, 0.1) is 6.26 Å². The van der Waals surface area contributed by atoms with E-state index in [0.29, 0.717) is 13.1 Å². The Labute approximate surface area is 62.1 Å². The molecule has 0 aromatic heterocycles. The second kappa shape index (κ2) is 2.88. The molecule has 1 fully saturated rings. The van der Waals surface area contributed by atoms with E-state index in [2.05, 4.69) is 6.26 Å². The number of hydrogen-bond donors (Lipinski definition) is 0. The summed E-state index contributed by atoms with van der Waals surface area (Å²) in [5.74, 6) is 0. The van der Waals surface area contributed by atoms with Gasteiger partial charge in [0, 0.05) is 13.1 Å². The van der Waals surface area contributed by atoms with E-state index < -0.39 is 10.0 Å². The van der Waals surface area contributed by atoms with Gasteiger partial charge < -0.3 is 0 Å². The smallest absolute Gasteiger partial charge is 0.212 e. The average molecular weight is 162 g/mol. The Hall–Kier alpha value is -0.0900. The minimum atomic E-state index is -3.14.